The highest BCUT2D eigenvalue weighted by atomic mass is 16.5. The zero-order chi connectivity index (χ0) is 13.7. The maximum atomic E-state index is 11.9. The summed E-state index contributed by atoms with van der Waals surface area (Å²) in [6.07, 6.45) is 2.68. The van der Waals surface area contributed by atoms with E-state index < -0.39 is 0 Å². The Morgan fingerprint density at radius 1 is 1.11 bits per heavy atom. The number of ketones is 1. The molecule has 0 atom stereocenters. The summed E-state index contributed by atoms with van der Waals surface area (Å²) in [6.45, 7) is 4.26. The van der Waals surface area contributed by atoms with Crippen LogP contribution in [-0.4, -0.2) is 42.9 Å². The van der Waals surface area contributed by atoms with Gasteiger partial charge in [-0.05, 0) is 13.0 Å². The Kier molecular flexibility index (Phi) is 4.47. The van der Waals surface area contributed by atoms with Crippen LogP contribution in [0.4, 0.5) is 0 Å². The Bertz CT molecular complexity index is 485. The minimum absolute atomic E-state index is 0.135. The van der Waals surface area contributed by atoms with Crippen LogP contribution in [0.1, 0.15) is 15.9 Å². The van der Waals surface area contributed by atoms with Crippen molar-refractivity contribution < 1.29 is 14.3 Å². The quantitative estimate of drug-likeness (QED) is 0.612. The molecular formula is C15H17NO3. The smallest absolute Gasteiger partial charge is 0.246 e. The Labute approximate surface area is 112 Å². The molecule has 2 rings (SSSR count). The second kappa shape index (κ2) is 6.29. The van der Waals surface area contributed by atoms with E-state index in [0.717, 1.165) is 5.56 Å². The number of allylic oxidation sites excluding steroid dienone is 1. The molecule has 4 heteroatoms. The summed E-state index contributed by atoms with van der Waals surface area (Å²) in [6, 6.07) is 7.29. The van der Waals surface area contributed by atoms with E-state index in [1.165, 1.54) is 12.2 Å². The summed E-state index contributed by atoms with van der Waals surface area (Å²) in [4.78, 5) is 25.4. The topological polar surface area (TPSA) is 46.6 Å². The number of aryl methyl sites for hydroxylation is 1. The Morgan fingerprint density at radius 2 is 1.74 bits per heavy atom. The van der Waals surface area contributed by atoms with Crippen molar-refractivity contribution in [2.45, 2.75) is 6.92 Å². The van der Waals surface area contributed by atoms with Crippen LogP contribution in [0, 0.1) is 6.92 Å². The van der Waals surface area contributed by atoms with Crippen molar-refractivity contribution in [2.75, 3.05) is 26.3 Å². The Hall–Kier alpha value is -1.94. The van der Waals surface area contributed by atoms with Crippen molar-refractivity contribution in [3.05, 3.63) is 47.5 Å². The van der Waals surface area contributed by atoms with Gasteiger partial charge in [-0.2, -0.15) is 0 Å². The van der Waals surface area contributed by atoms with E-state index >= 15 is 0 Å². The number of nitrogens with zero attached hydrogens (tertiary/aromatic N) is 1. The van der Waals surface area contributed by atoms with E-state index in [1.807, 2.05) is 19.1 Å². The molecule has 0 spiro atoms. The molecule has 1 heterocycles. The van der Waals surface area contributed by atoms with Gasteiger partial charge in [0.05, 0.1) is 13.2 Å². The zero-order valence-corrected chi connectivity index (χ0v) is 11.0. The first-order valence-corrected chi connectivity index (χ1v) is 6.32. The highest BCUT2D eigenvalue weighted by Crippen LogP contribution is 2.05. The molecule has 0 radical (unpaired) electrons. The minimum atomic E-state index is -0.151. The van der Waals surface area contributed by atoms with Crippen LogP contribution in [-0.2, 0) is 9.53 Å². The fourth-order valence-electron chi connectivity index (χ4n) is 1.85. The molecule has 100 valence electrons. The van der Waals surface area contributed by atoms with E-state index in [2.05, 4.69) is 0 Å². The average molecular weight is 259 g/mol. The van der Waals surface area contributed by atoms with Crippen molar-refractivity contribution in [3.63, 3.8) is 0 Å². The van der Waals surface area contributed by atoms with Crippen LogP contribution in [0.5, 0.6) is 0 Å². The third-order valence-electron chi connectivity index (χ3n) is 3.04. The molecule has 1 fully saturated rings. The van der Waals surface area contributed by atoms with Crippen LogP contribution in [0.3, 0.4) is 0 Å². The second-order valence-corrected chi connectivity index (χ2v) is 4.50. The highest BCUT2D eigenvalue weighted by molar-refractivity contribution is 6.07. The molecule has 0 aliphatic carbocycles. The maximum Gasteiger partial charge on any atom is 0.246 e. The first kappa shape index (κ1) is 13.5. The van der Waals surface area contributed by atoms with Crippen molar-refractivity contribution in [1.82, 2.24) is 4.90 Å². The lowest BCUT2D eigenvalue weighted by atomic mass is 10.1. The molecule has 1 aliphatic heterocycles. The van der Waals surface area contributed by atoms with Gasteiger partial charge in [0.1, 0.15) is 0 Å². The lowest BCUT2D eigenvalue weighted by molar-refractivity contribution is -0.129. The SMILES string of the molecule is Cc1ccc(C(=O)/C=C/C(=O)N2CCOCC2)cc1. The predicted molar refractivity (Wildman–Crippen MR) is 72.0 cm³/mol. The zero-order valence-electron chi connectivity index (χ0n) is 11.0. The van der Waals surface area contributed by atoms with Gasteiger partial charge in [0, 0.05) is 24.7 Å². The number of carbonyl (C=O) groups excluding carboxylic acids is 2. The van der Waals surface area contributed by atoms with E-state index in [9.17, 15) is 9.59 Å². The average Bonchev–Trinajstić information content (AvgIpc) is 2.46. The fraction of sp³-hybridized carbons (Fsp3) is 0.333. The number of benzene rings is 1. The summed E-state index contributed by atoms with van der Waals surface area (Å²) in [5.74, 6) is -0.287. The molecule has 1 saturated heterocycles. The van der Waals surface area contributed by atoms with Gasteiger partial charge in [-0.3, -0.25) is 9.59 Å². The van der Waals surface area contributed by atoms with Crippen LogP contribution in [0.15, 0.2) is 36.4 Å². The molecule has 1 amide bonds. The van der Waals surface area contributed by atoms with Gasteiger partial charge in [0.25, 0.3) is 0 Å². The molecule has 1 aliphatic rings. The van der Waals surface area contributed by atoms with Gasteiger partial charge in [-0.15, -0.1) is 0 Å². The van der Waals surface area contributed by atoms with Crippen molar-refractivity contribution in [1.29, 1.82) is 0 Å². The van der Waals surface area contributed by atoms with E-state index in [0.29, 0.717) is 31.9 Å². The summed E-state index contributed by atoms with van der Waals surface area (Å²) in [5.41, 5.74) is 1.70. The number of hydrogen-bond donors (Lipinski definition) is 0. The molecule has 0 bridgehead atoms. The predicted octanol–water partition coefficient (Wildman–Crippen LogP) is 1.59. The highest BCUT2D eigenvalue weighted by Gasteiger charge is 2.14. The third-order valence-corrected chi connectivity index (χ3v) is 3.04. The largest absolute Gasteiger partial charge is 0.378 e. The van der Waals surface area contributed by atoms with Gasteiger partial charge >= 0.3 is 0 Å². The maximum absolute atomic E-state index is 11.9. The van der Waals surface area contributed by atoms with Crippen molar-refractivity contribution in [3.8, 4) is 0 Å². The molecule has 0 aromatic heterocycles. The van der Waals surface area contributed by atoms with Crippen molar-refractivity contribution >= 4 is 11.7 Å². The summed E-state index contributed by atoms with van der Waals surface area (Å²) in [5, 5.41) is 0. The number of hydrogen-bond acceptors (Lipinski definition) is 3. The third kappa shape index (κ3) is 3.76. The van der Waals surface area contributed by atoms with Crippen molar-refractivity contribution in [2.24, 2.45) is 0 Å². The number of amides is 1. The molecule has 0 unspecified atom stereocenters. The van der Waals surface area contributed by atoms with Crippen LogP contribution >= 0.6 is 0 Å². The lowest BCUT2D eigenvalue weighted by Crippen LogP contribution is -2.39. The second-order valence-electron chi connectivity index (χ2n) is 4.50. The molecular weight excluding hydrogens is 242 g/mol. The van der Waals surface area contributed by atoms with Gasteiger partial charge < -0.3 is 9.64 Å². The Balaban J connectivity index is 1.95. The van der Waals surface area contributed by atoms with Crippen LogP contribution in [0.25, 0.3) is 0 Å². The normalized spacial score (nSPS) is 15.7. The van der Waals surface area contributed by atoms with Gasteiger partial charge in [-0.25, -0.2) is 0 Å². The summed E-state index contributed by atoms with van der Waals surface area (Å²) < 4.78 is 5.17. The standard InChI is InChI=1S/C15H17NO3/c1-12-2-4-13(5-3-12)14(17)6-7-15(18)16-8-10-19-11-9-16/h2-7H,8-11H2,1H3/b7-6+. The monoisotopic (exact) mass is 259 g/mol. The summed E-state index contributed by atoms with van der Waals surface area (Å²) >= 11 is 0. The number of carbonyl (C=O) groups is 2. The first-order valence-electron chi connectivity index (χ1n) is 6.32. The minimum Gasteiger partial charge on any atom is -0.378 e. The van der Waals surface area contributed by atoms with E-state index in [1.54, 1.807) is 17.0 Å². The number of morpholine rings is 1. The fourth-order valence-corrected chi connectivity index (χ4v) is 1.85. The molecule has 0 N–H and O–H groups in total. The first-order chi connectivity index (χ1) is 9.16. The summed E-state index contributed by atoms with van der Waals surface area (Å²) in [7, 11) is 0. The molecule has 0 saturated carbocycles. The van der Waals surface area contributed by atoms with Gasteiger partial charge in [0.2, 0.25) is 5.91 Å². The molecule has 4 nitrogen and oxygen atoms in total. The van der Waals surface area contributed by atoms with Gasteiger partial charge in [0.15, 0.2) is 5.78 Å². The Morgan fingerprint density at radius 3 is 2.37 bits per heavy atom. The molecule has 1 aromatic carbocycles. The van der Waals surface area contributed by atoms with E-state index in [-0.39, 0.29) is 11.7 Å². The van der Waals surface area contributed by atoms with Crippen LogP contribution in [0.2, 0.25) is 0 Å². The van der Waals surface area contributed by atoms with Gasteiger partial charge in [-0.1, -0.05) is 29.8 Å². The lowest BCUT2D eigenvalue weighted by Gasteiger charge is -2.25. The van der Waals surface area contributed by atoms with Crippen LogP contribution < -0.4 is 0 Å². The molecule has 1 aromatic rings. The molecule has 19 heavy (non-hydrogen) atoms. The number of rotatable bonds is 3. The number of ether oxygens (including phenoxy) is 1. The van der Waals surface area contributed by atoms with E-state index in [4.69, 9.17) is 4.74 Å².